The second kappa shape index (κ2) is 4.10. The number of aliphatic hydroxyl groups excluding tert-OH is 1. The molecule has 0 spiro atoms. The molecule has 0 aromatic heterocycles. The van der Waals surface area contributed by atoms with Crippen LogP contribution >= 0.6 is 0 Å². The van der Waals surface area contributed by atoms with Gasteiger partial charge in [-0.25, -0.2) is 4.48 Å². The lowest BCUT2D eigenvalue weighted by atomic mass is 9.90. The Kier molecular flexibility index (Phi) is 3.41. The fourth-order valence-electron chi connectivity index (χ4n) is 2.80. The normalized spacial score (nSPS) is 32.7. The highest BCUT2D eigenvalue weighted by molar-refractivity contribution is 5.57. The summed E-state index contributed by atoms with van der Waals surface area (Å²) in [4.78, 5) is 11.6. The van der Waals surface area contributed by atoms with Crippen LogP contribution < -0.4 is 0 Å². The second-order valence-corrected chi connectivity index (χ2v) is 5.38. The SMILES string of the molecule is CC(C)(C)[N+]1(C(=O)O)CCCC[C@H]1CO. The number of amides is 1. The molecule has 1 saturated heterocycles. The lowest BCUT2D eigenvalue weighted by molar-refractivity contribution is -0.931. The van der Waals surface area contributed by atoms with Crippen LogP contribution in [0.3, 0.4) is 0 Å². The van der Waals surface area contributed by atoms with Gasteiger partial charge < -0.3 is 10.2 Å². The highest BCUT2D eigenvalue weighted by atomic mass is 16.4. The molecule has 88 valence electrons. The standard InChI is InChI=1S/C11H21NO3/c1-11(2,3)12(10(14)15)7-5-4-6-9(12)8-13/h9,13H,4-8H2,1-3H3/p+1/t9-,12?/m0/s1. The van der Waals surface area contributed by atoms with Gasteiger partial charge >= 0.3 is 6.09 Å². The molecule has 1 rings (SSSR count). The first-order valence-electron chi connectivity index (χ1n) is 5.58. The van der Waals surface area contributed by atoms with Gasteiger partial charge in [-0.1, -0.05) is 0 Å². The van der Waals surface area contributed by atoms with Crippen LogP contribution in [-0.4, -0.2) is 45.5 Å². The summed E-state index contributed by atoms with van der Waals surface area (Å²) in [5.41, 5.74) is -0.361. The zero-order valence-corrected chi connectivity index (χ0v) is 9.86. The minimum atomic E-state index is -0.804. The summed E-state index contributed by atoms with van der Waals surface area (Å²) in [6.45, 7) is 6.41. The van der Waals surface area contributed by atoms with Crippen LogP contribution in [-0.2, 0) is 0 Å². The molecule has 1 amide bonds. The molecule has 0 radical (unpaired) electrons. The highest BCUT2D eigenvalue weighted by Crippen LogP contribution is 2.35. The summed E-state index contributed by atoms with van der Waals surface area (Å²) in [6, 6.07) is -0.156. The third kappa shape index (κ3) is 1.88. The van der Waals surface area contributed by atoms with Gasteiger partial charge in [-0.2, -0.15) is 4.79 Å². The average Bonchev–Trinajstić information content (AvgIpc) is 2.15. The van der Waals surface area contributed by atoms with E-state index in [9.17, 15) is 15.0 Å². The Morgan fingerprint density at radius 2 is 2.00 bits per heavy atom. The number of quaternary nitrogens is 1. The van der Waals surface area contributed by atoms with Crippen LogP contribution in [0.1, 0.15) is 40.0 Å². The molecule has 4 nitrogen and oxygen atoms in total. The van der Waals surface area contributed by atoms with E-state index in [1.54, 1.807) is 0 Å². The van der Waals surface area contributed by atoms with Gasteiger partial charge in [0.2, 0.25) is 0 Å². The van der Waals surface area contributed by atoms with E-state index in [4.69, 9.17) is 0 Å². The minimum Gasteiger partial charge on any atom is -0.435 e. The average molecular weight is 216 g/mol. The Balaban J connectivity index is 3.12. The third-order valence-electron chi connectivity index (χ3n) is 3.67. The number of hydrogen-bond acceptors (Lipinski definition) is 2. The molecule has 4 heteroatoms. The van der Waals surface area contributed by atoms with Gasteiger partial charge in [0.1, 0.15) is 11.6 Å². The molecule has 0 aromatic rings. The first-order valence-corrected chi connectivity index (χ1v) is 5.58. The van der Waals surface area contributed by atoms with E-state index in [0.717, 1.165) is 19.3 Å². The van der Waals surface area contributed by atoms with Crippen molar-refractivity contribution in [3.05, 3.63) is 0 Å². The van der Waals surface area contributed by atoms with Crippen LogP contribution in [0.25, 0.3) is 0 Å². The van der Waals surface area contributed by atoms with E-state index in [0.29, 0.717) is 6.54 Å². The smallest absolute Gasteiger partial charge is 0.435 e. The van der Waals surface area contributed by atoms with Crippen LogP contribution in [0.5, 0.6) is 0 Å². The predicted molar refractivity (Wildman–Crippen MR) is 57.6 cm³/mol. The Labute approximate surface area is 91.1 Å². The highest BCUT2D eigenvalue weighted by Gasteiger charge is 2.54. The minimum absolute atomic E-state index is 0.00347. The number of nitrogens with zero attached hydrogens (tertiary/aromatic N) is 1. The number of aliphatic hydroxyl groups is 1. The van der Waals surface area contributed by atoms with Gasteiger partial charge in [-0.3, -0.25) is 0 Å². The molecule has 15 heavy (non-hydrogen) atoms. The van der Waals surface area contributed by atoms with Gasteiger partial charge in [-0.05, 0) is 33.6 Å². The van der Waals surface area contributed by atoms with Crippen molar-refractivity contribution in [2.75, 3.05) is 13.2 Å². The van der Waals surface area contributed by atoms with Gasteiger partial charge in [0.05, 0.1) is 13.2 Å². The van der Waals surface area contributed by atoms with Crippen LogP contribution in [0.15, 0.2) is 0 Å². The van der Waals surface area contributed by atoms with E-state index < -0.39 is 6.09 Å². The van der Waals surface area contributed by atoms with Crippen LogP contribution in [0.2, 0.25) is 0 Å². The zero-order chi connectivity index (χ0) is 11.7. The van der Waals surface area contributed by atoms with E-state index in [-0.39, 0.29) is 22.7 Å². The molecule has 1 heterocycles. The molecule has 1 fully saturated rings. The molecule has 1 aliphatic rings. The van der Waals surface area contributed by atoms with Crippen LogP contribution in [0.4, 0.5) is 4.79 Å². The molecule has 0 aromatic carbocycles. The van der Waals surface area contributed by atoms with Crippen molar-refractivity contribution in [3.8, 4) is 0 Å². The number of carbonyl (C=O) groups is 1. The maximum Gasteiger partial charge on any atom is 0.514 e. The molecule has 1 aliphatic heterocycles. The van der Waals surface area contributed by atoms with E-state index in [1.807, 2.05) is 20.8 Å². The Morgan fingerprint density at radius 3 is 2.33 bits per heavy atom. The lowest BCUT2D eigenvalue weighted by Gasteiger charge is -2.50. The van der Waals surface area contributed by atoms with Crippen molar-refractivity contribution in [2.24, 2.45) is 0 Å². The first kappa shape index (κ1) is 12.5. The monoisotopic (exact) mass is 216 g/mol. The summed E-state index contributed by atoms with van der Waals surface area (Å²) in [5.74, 6) is 0. The number of likely N-dealkylation sites (tertiary alicyclic amines) is 1. The summed E-state index contributed by atoms with van der Waals surface area (Å²) >= 11 is 0. The summed E-state index contributed by atoms with van der Waals surface area (Å²) in [7, 11) is 0. The van der Waals surface area contributed by atoms with Crippen molar-refractivity contribution in [1.29, 1.82) is 0 Å². The molecular formula is C11H22NO3+. The van der Waals surface area contributed by atoms with Crippen molar-refractivity contribution < 1.29 is 19.5 Å². The van der Waals surface area contributed by atoms with Gasteiger partial charge in [0, 0.05) is 6.42 Å². The Bertz CT molecular complexity index is 247. The number of piperidine rings is 1. The van der Waals surface area contributed by atoms with Crippen molar-refractivity contribution in [2.45, 2.75) is 51.6 Å². The first-order chi connectivity index (χ1) is 6.86. The second-order valence-electron chi connectivity index (χ2n) is 5.38. The molecule has 0 aliphatic carbocycles. The maximum atomic E-state index is 11.6. The van der Waals surface area contributed by atoms with Crippen molar-refractivity contribution in [3.63, 3.8) is 0 Å². The fourth-order valence-corrected chi connectivity index (χ4v) is 2.80. The fraction of sp³-hybridized carbons (Fsp3) is 0.909. The summed E-state index contributed by atoms with van der Waals surface area (Å²) in [5, 5.41) is 18.8. The predicted octanol–water partition coefficient (Wildman–Crippen LogP) is 1.82. The topological polar surface area (TPSA) is 57.5 Å². The largest absolute Gasteiger partial charge is 0.514 e. The summed E-state index contributed by atoms with van der Waals surface area (Å²) in [6.07, 6.45) is 1.95. The number of carboxylic acid groups (broad SMARTS) is 1. The lowest BCUT2D eigenvalue weighted by Crippen LogP contribution is -2.70. The molecule has 0 bridgehead atoms. The number of rotatable bonds is 1. The molecule has 0 saturated carbocycles. The van der Waals surface area contributed by atoms with Gasteiger partial charge in [0.15, 0.2) is 0 Å². The third-order valence-corrected chi connectivity index (χ3v) is 3.67. The molecule has 2 N–H and O–H groups in total. The van der Waals surface area contributed by atoms with Crippen molar-refractivity contribution >= 4 is 6.09 Å². The summed E-state index contributed by atoms with van der Waals surface area (Å²) < 4.78 is 0.00347. The van der Waals surface area contributed by atoms with Gasteiger partial charge in [-0.15, -0.1) is 0 Å². The number of hydrogen-bond donors (Lipinski definition) is 2. The zero-order valence-electron chi connectivity index (χ0n) is 9.86. The molecule has 2 atom stereocenters. The maximum absolute atomic E-state index is 11.6. The van der Waals surface area contributed by atoms with E-state index in [1.165, 1.54) is 0 Å². The van der Waals surface area contributed by atoms with Crippen molar-refractivity contribution in [1.82, 2.24) is 0 Å². The molecule has 1 unspecified atom stereocenters. The quantitative estimate of drug-likeness (QED) is 0.657. The van der Waals surface area contributed by atoms with Crippen LogP contribution in [0, 0.1) is 0 Å². The van der Waals surface area contributed by atoms with E-state index in [2.05, 4.69) is 0 Å². The van der Waals surface area contributed by atoms with E-state index >= 15 is 0 Å². The Morgan fingerprint density at radius 1 is 1.40 bits per heavy atom. The van der Waals surface area contributed by atoms with Gasteiger partial charge in [0.25, 0.3) is 0 Å². The Hall–Kier alpha value is -0.610. The molecular weight excluding hydrogens is 194 g/mol.